The van der Waals surface area contributed by atoms with Crippen LogP contribution in [0.3, 0.4) is 0 Å². The maximum Gasteiger partial charge on any atom is 0.0676 e. The highest BCUT2D eigenvalue weighted by Crippen LogP contribution is 2.04. The first-order chi connectivity index (χ1) is 7.33. The van der Waals surface area contributed by atoms with Gasteiger partial charge in [-0.3, -0.25) is 10.7 Å². The van der Waals surface area contributed by atoms with Crippen molar-refractivity contribution in [1.29, 1.82) is 0 Å². The number of nitrogens with one attached hydrogen (secondary N) is 1. The van der Waals surface area contributed by atoms with Crippen LogP contribution in [0.2, 0.25) is 0 Å². The minimum atomic E-state index is -0.0478. The molecule has 1 rings (SSSR count). The van der Waals surface area contributed by atoms with Crippen LogP contribution in [0.15, 0.2) is 0 Å². The Balaban J connectivity index is 1.87. The van der Waals surface area contributed by atoms with E-state index in [0.717, 1.165) is 39.1 Å². The lowest BCUT2D eigenvalue weighted by Gasteiger charge is -2.26. The smallest absolute Gasteiger partial charge is 0.0676 e. The van der Waals surface area contributed by atoms with Crippen LogP contribution in [0.1, 0.15) is 25.7 Å². The van der Waals surface area contributed by atoms with E-state index in [1.807, 2.05) is 0 Å². The Hall–Kier alpha value is -0.200. The summed E-state index contributed by atoms with van der Waals surface area (Å²) in [6.07, 6.45) is 4.53. The van der Waals surface area contributed by atoms with Crippen molar-refractivity contribution in [2.75, 3.05) is 32.8 Å². The third-order valence-corrected chi connectivity index (χ3v) is 2.81. The van der Waals surface area contributed by atoms with Crippen LogP contribution < -0.4 is 17.0 Å². The summed E-state index contributed by atoms with van der Waals surface area (Å²) in [4.78, 5) is 2.46. The highest BCUT2D eigenvalue weighted by Gasteiger charge is 2.09. The van der Waals surface area contributed by atoms with E-state index in [1.54, 1.807) is 0 Å². The van der Waals surface area contributed by atoms with Crippen LogP contribution in [-0.4, -0.2) is 43.9 Å². The summed E-state index contributed by atoms with van der Waals surface area (Å²) < 4.78 is 5.29. The predicted molar refractivity (Wildman–Crippen MR) is 61.0 cm³/mol. The third-order valence-electron chi connectivity index (χ3n) is 2.81. The van der Waals surface area contributed by atoms with Gasteiger partial charge in [0, 0.05) is 13.1 Å². The zero-order chi connectivity index (χ0) is 10.9. The molecule has 90 valence electrons. The molecule has 1 aliphatic rings. The molecule has 0 spiro atoms. The largest absolute Gasteiger partial charge is 0.379 e. The van der Waals surface area contributed by atoms with Gasteiger partial charge >= 0.3 is 0 Å². The molecule has 0 aromatic rings. The van der Waals surface area contributed by atoms with Crippen LogP contribution in [0.25, 0.3) is 0 Å². The predicted octanol–water partition coefficient (Wildman–Crippen LogP) is -0.373. The van der Waals surface area contributed by atoms with Crippen LogP contribution in [0.5, 0.6) is 0 Å². The minimum absolute atomic E-state index is 0.0478. The topological polar surface area (TPSA) is 76.5 Å². The summed E-state index contributed by atoms with van der Waals surface area (Å²) in [5.41, 5.74) is 8.19. The molecule has 5 nitrogen and oxygen atoms in total. The van der Waals surface area contributed by atoms with Crippen molar-refractivity contribution < 1.29 is 4.74 Å². The second-order valence-electron chi connectivity index (χ2n) is 4.08. The van der Waals surface area contributed by atoms with Crippen molar-refractivity contribution in [3.8, 4) is 0 Å². The lowest BCUT2D eigenvalue weighted by Crippen LogP contribution is -2.41. The van der Waals surface area contributed by atoms with Gasteiger partial charge in [-0.1, -0.05) is 12.8 Å². The van der Waals surface area contributed by atoms with E-state index in [-0.39, 0.29) is 6.17 Å². The van der Waals surface area contributed by atoms with Gasteiger partial charge in [0.25, 0.3) is 0 Å². The minimum Gasteiger partial charge on any atom is -0.379 e. The van der Waals surface area contributed by atoms with Crippen molar-refractivity contribution in [2.24, 2.45) is 11.6 Å². The van der Waals surface area contributed by atoms with Gasteiger partial charge in [0.1, 0.15) is 0 Å². The number of unbranched alkanes of at least 4 members (excludes halogenated alkanes) is 2. The third kappa shape index (κ3) is 6.06. The Morgan fingerprint density at radius 3 is 2.60 bits per heavy atom. The number of hydrogen-bond acceptors (Lipinski definition) is 5. The summed E-state index contributed by atoms with van der Waals surface area (Å²) in [7, 11) is 0. The summed E-state index contributed by atoms with van der Waals surface area (Å²) in [5.74, 6) is 5.21. The molecule has 0 aromatic carbocycles. The van der Waals surface area contributed by atoms with E-state index in [4.69, 9.17) is 16.3 Å². The fourth-order valence-electron chi connectivity index (χ4n) is 1.78. The lowest BCUT2D eigenvalue weighted by atomic mass is 10.1. The van der Waals surface area contributed by atoms with Gasteiger partial charge in [0.15, 0.2) is 0 Å². The van der Waals surface area contributed by atoms with Gasteiger partial charge in [-0.2, -0.15) is 0 Å². The molecule has 1 unspecified atom stereocenters. The van der Waals surface area contributed by atoms with Crippen LogP contribution in [0.4, 0.5) is 0 Å². The van der Waals surface area contributed by atoms with Crippen molar-refractivity contribution in [3.63, 3.8) is 0 Å². The van der Waals surface area contributed by atoms with Gasteiger partial charge in [0.2, 0.25) is 0 Å². The normalized spacial score (nSPS) is 20.4. The SMILES string of the molecule is NNC(N)CCCCCN1CCOCC1. The summed E-state index contributed by atoms with van der Waals surface area (Å²) in [6.45, 7) is 5.15. The molecule has 15 heavy (non-hydrogen) atoms. The van der Waals surface area contributed by atoms with Crippen molar-refractivity contribution in [2.45, 2.75) is 31.8 Å². The molecule has 0 bridgehead atoms. The quantitative estimate of drug-likeness (QED) is 0.234. The van der Waals surface area contributed by atoms with E-state index in [9.17, 15) is 0 Å². The Morgan fingerprint density at radius 2 is 1.93 bits per heavy atom. The number of hydrazine groups is 1. The molecular formula is C10H24N4O. The average Bonchev–Trinajstić information content (AvgIpc) is 2.29. The van der Waals surface area contributed by atoms with E-state index >= 15 is 0 Å². The standard InChI is InChI=1S/C10H24N4O/c11-10(13-12)4-2-1-3-5-14-6-8-15-9-7-14/h10,13H,1-9,11-12H2. The fraction of sp³-hybridized carbons (Fsp3) is 1.00. The summed E-state index contributed by atoms with van der Waals surface area (Å²) >= 11 is 0. The van der Waals surface area contributed by atoms with E-state index < -0.39 is 0 Å². The molecular weight excluding hydrogens is 192 g/mol. The monoisotopic (exact) mass is 216 g/mol. The molecule has 5 heteroatoms. The highest BCUT2D eigenvalue weighted by molar-refractivity contribution is 4.62. The maximum absolute atomic E-state index is 5.63. The van der Waals surface area contributed by atoms with Crippen LogP contribution >= 0.6 is 0 Å². The Labute approximate surface area is 92.1 Å². The van der Waals surface area contributed by atoms with E-state index in [0.29, 0.717) is 0 Å². The summed E-state index contributed by atoms with van der Waals surface area (Å²) in [6, 6.07) is 0. The number of nitrogens with two attached hydrogens (primary N) is 2. The van der Waals surface area contributed by atoms with E-state index in [2.05, 4.69) is 10.3 Å². The van der Waals surface area contributed by atoms with Crippen molar-refractivity contribution in [1.82, 2.24) is 10.3 Å². The zero-order valence-electron chi connectivity index (χ0n) is 9.45. The number of hydrogen-bond donors (Lipinski definition) is 3. The molecule has 0 aromatic heterocycles. The number of rotatable bonds is 7. The van der Waals surface area contributed by atoms with Crippen molar-refractivity contribution >= 4 is 0 Å². The number of nitrogens with zero attached hydrogens (tertiary/aromatic N) is 1. The molecule has 1 heterocycles. The average molecular weight is 216 g/mol. The first kappa shape index (κ1) is 12.9. The maximum atomic E-state index is 5.63. The molecule has 1 atom stereocenters. The van der Waals surface area contributed by atoms with Gasteiger partial charge in [0.05, 0.1) is 19.4 Å². The second kappa shape index (κ2) is 8.01. The van der Waals surface area contributed by atoms with Gasteiger partial charge in [-0.25, -0.2) is 5.43 Å². The molecule has 1 fully saturated rings. The van der Waals surface area contributed by atoms with Gasteiger partial charge < -0.3 is 10.5 Å². The van der Waals surface area contributed by atoms with Crippen LogP contribution in [0, 0.1) is 0 Å². The van der Waals surface area contributed by atoms with Crippen LogP contribution in [-0.2, 0) is 4.74 Å². The Bertz CT molecular complexity index is 150. The summed E-state index contributed by atoms with van der Waals surface area (Å²) in [5, 5.41) is 0. The molecule has 1 aliphatic heterocycles. The van der Waals surface area contributed by atoms with Gasteiger partial charge in [-0.05, 0) is 19.4 Å². The number of ether oxygens (including phenoxy) is 1. The van der Waals surface area contributed by atoms with Crippen molar-refractivity contribution in [3.05, 3.63) is 0 Å². The first-order valence-electron chi connectivity index (χ1n) is 5.84. The molecule has 1 saturated heterocycles. The van der Waals surface area contributed by atoms with E-state index in [1.165, 1.54) is 19.4 Å². The number of morpholine rings is 1. The Kier molecular flexibility index (Phi) is 6.87. The lowest BCUT2D eigenvalue weighted by molar-refractivity contribution is 0.0371. The molecule has 0 radical (unpaired) electrons. The molecule has 0 aliphatic carbocycles. The Morgan fingerprint density at radius 1 is 1.20 bits per heavy atom. The van der Waals surface area contributed by atoms with Gasteiger partial charge in [-0.15, -0.1) is 0 Å². The fourth-order valence-corrected chi connectivity index (χ4v) is 1.78. The molecule has 5 N–H and O–H groups in total. The molecule has 0 saturated carbocycles. The zero-order valence-corrected chi connectivity index (χ0v) is 9.45. The molecule has 0 amide bonds. The highest BCUT2D eigenvalue weighted by atomic mass is 16.5. The second-order valence-corrected chi connectivity index (χ2v) is 4.08. The first-order valence-corrected chi connectivity index (χ1v) is 5.84.